The van der Waals surface area contributed by atoms with Crippen LogP contribution in [0.25, 0.3) is 10.2 Å². The number of methoxy groups -OCH3 is 1. The second-order valence-electron chi connectivity index (χ2n) is 5.83. The monoisotopic (exact) mass is 327 g/mol. The van der Waals surface area contributed by atoms with Crippen molar-refractivity contribution in [2.75, 3.05) is 19.1 Å². The fourth-order valence-corrected chi connectivity index (χ4v) is 3.81. The summed E-state index contributed by atoms with van der Waals surface area (Å²) in [6.07, 6.45) is 1.65. The lowest BCUT2D eigenvalue weighted by Gasteiger charge is -2.21. The van der Waals surface area contributed by atoms with Crippen LogP contribution in [0.3, 0.4) is 0 Å². The van der Waals surface area contributed by atoms with Crippen molar-refractivity contribution in [3.05, 3.63) is 46.1 Å². The van der Waals surface area contributed by atoms with Crippen LogP contribution in [0.4, 0.5) is 5.82 Å². The molecule has 0 fully saturated rings. The number of nitrogens with zero attached hydrogens (tertiary/aromatic N) is 3. The number of rotatable bonds is 4. The maximum absolute atomic E-state index is 5.50. The Bertz CT molecular complexity index is 857. The molecule has 0 spiro atoms. The largest absolute Gasteiger partial charge is 0.496 e. The first kappa shape index (κ1) is 15.7. The van der Waals surface area contributed by atoms with Gasteiger partial charge in [-0.1, -0.05) is 17.7 Å². The number of benzene rings is 1. The highest BCUT2D eigenvalue weighted by molar-refractivity contribution is 7.18. The van der Waals surface area contributed by atoms with Crippen molar-refractivity contribution in [1.82, 2.24) is 9.97 Å². The molecule has 0 aliphatic heterocycles. The standard InChI is InChI=1S/C18H21N3OS/c1-11-6-7-15(22-5)14(8-11)9-21(4)17-16-12(2)13(3)23-18(16)20-10-19-17/h6-8,10H,9H2,1-5H3. The van der Waals surface area contributed by atoms with Gasteiger partial charge in [-0.15, -0.1) is 11.3 Å². The van der Waals surface area contributed by atoms with Crippen LogP contribution >= 0.6 is 11.3 Å². The van der Waals surface area contributed by atoms with Gasteiger partial charge in [-0.2, -0.15) is 0 Å². The van der Waals surface area contributed by atoms with E-state index in [1.807, 2.05) is 6.07 Å². The van der Waals surface area contributed by atoms with Crippen LogP contribution in [0.2, 0.25) is 0 Å². The Balaban J connectivity index is 2.02. The molecule has 2 heterocycles. The smallest absolute Gasteiger partial charge is 0.141 e. The zero-order valence-corrected chi connectivity index (χ0v) is 15.0. The number of hydrogen-bond acceptors (Lipinski definition) is 5. The highest BCUT2D eigenvalue weighted by Crippen LogP contribution is 2.34. The number of anilines is 1. The molecule has 0 unspecified atom stereocenters. The van der Waals surface area contributed by atoms with Crippen LogP contribution in [0, 0.1) is 20.8 Å². The zero-order chi connectivity index (χ0) is 16.6. The van der Waals surface area contributed by atoms with E-state index in [-0.39, 0.29) is 0 Å². The number of thiophene rings is 1. The summed E-state index contributed by atoms with van der Waals surface area (Å²) >= 11 is 1.72. The number of ether oxygens (including phenoxy) is 1. The van der Waals surface area contributed by atoms with Crippen LogP contribution in [-0.4, -0.2) is 24.1 Å². The van der Waals surface area contributed by atoms with Gasteiger partial charge in [-0.25, -0.2) is 9.97 Å². The second-order valence-corrected chi connectivity index (χ2v) is 7.04. The van der Waals surface area contributed by atoms with Gasteiger partial charge in [0.25, 0.3) is 0 Å². The Morgan fingerprint density at radius 2 is 1.96 bits per heavy atom. The maximum Gasteiger partial charge on any atom is 0.141 e. The molecule has 0 N–H and O–H groups in total. The van der Waals surface area contributed by atoms with Crippen LogP contribution in [-0.2, 0) is 6.54 Å². The van der Waals surface area contributed by atoms with Gasteiger partial charge in [-0.3, -0.25) is 0 Å². The van der Waals surface area contributed by atoms with E-state index in [9.17, 15) is 0 Å². The number of hydrogen-bond donors (Lipinski definition) is 0. The Morgan fingerprint density at radius 1 is 1.17 bits per heavy atom. The lowest BCUT2D eigenvalue weighted by molar-refractivity contribution is 0.409. The van der Waals surface area contributed by atoms with Crippen molar-refractivity contribution in [2.24, 2.45) is 0 Å². The molecular formula is C18H21N3OS. The van der Waals surface area contributed by atoms with Gasteiger partial charge in [0, 0.05) is 24.0 Å². The Morgan fingerprint density at radius 3 is 2.70 bits per heavy atom. The predicted molar refractivity (Wildman–Crippen MR) is 96.7 cm³/mol. The number of aromatic nitrogens is 2. The summed E-state index contributed by atoms with van der Waals surface area (Å²) in [5.41, 5.74) is 3.65. The molecule has 120 valence electrons. The fourth-order valence-electron chi connectivity index (χ4n) is 2.81. The Labute approximate surface area is 140 Å². The molecule has 0 radical (unpaired) electrons. The second kappa shape index (κ2) is 6.16. The molecule has 23 heavy (non-hydrogen) atoms. The molecule has 0 aliphatic carbocycles. The topological polar surface area (TPSA) is 38.2 Å². The van der Waals surface area contributed by atoms with Crippen molar-refractivity contribution in [3.8, 4) is 5.75 Å². The summed E-state index contributed by atoms with van der Waals surface area (Å²) in [4.78, 5) is 13.5. The zero-order valence-electron chi connectivity index (χ0n) is 14.2. The average Bonchev–Trinajstić information content (AvgIpc) is 2.82. The molecule has 1 aromatic carbocycles. The van der Waals surface area contributed by atoms with E-state index in [1.54, 1.807) is 24.8 Å². The maximum atomic E-state index is 5.50. The molecule has 3 rings (SSSR count). The minimum absolute atomic E-state index is 0.741. The summed E-state index contributed by atoms with van der Waals surface area (Å²) in [7, 11) is 3.78. The quantitative estimate of drug-likeness (QED) is 0.717. The molecule has 0 amide bonds. The molecule has 0 atom stereocenters. The van der Waals surface area contributed by atoms with E-state index >= 15 is 0 Å². The van der Waals surface area contributed by atoms with Gasteiger partial charge < -0.3 is 9.64 Å². The lowest BCUT2D eigenvalue weighted by atomic mass is 10.1. The molecule has 3 aromatic rings. The molecule has 0 saturated carbocycles. The Hall–Kier alpha value is -2.14. The predicted octanol–water partition coefficient (Wildman–Crippen LogP) is 4.26. The van der Waals surface area contributed by atoms with E-state index in [2.05, 4.69) is 54.8 Å². The summed E-state index contributed by atoms with van der Waals surface area (Å²) in [5, 5.41) is 1.16. The Kier molecular flexibility index (Phi) is 4.22. The lowest BCUT2D eigenvalue weighted by Crippen LogP contribution is -2.18. The number of aryl methyl sites for hydroxylation is 3. The van der Waals surface area contributed by atoms with Crippen molar-refractivity contribution in [2.45, 2.75) is 27.3 Å². The van der Waals surface area contributed by atoms with Gasteiger partial charge >= 0.3 is 0 Å². The van der Waals surface area contributed by atoms with Crippen LogP contribution in [0.1, 0.15) is 21.6 Å². The molecule has 2 aromatic heterocycles. The summed E-state index contributed by atoms with van der Waals surface area (Å²) in [6.45, 7) is 7.11. The molecular weight excluding hydrogens is 306 g/mol. The first-order valence-corrected chi connectivity index (χ1v) is 8.38. The summed E-state index contributed by atoms with van der Waals surface area (Å²) in [5.74, 6) is 1.88. The molecule has 0 saturated heterocycles. The van der Waals surface area contributed by atoms with Crippen molar-refractivity contribution in [1.29, 1.82) is 0 Å². The van der Waals surface area contributed by atoms with Crippen LogP contribution < -0.4 is 9.64 Å². The highest BCUT2D eigenvalue weighted by atomic mass is 32.1. The van der Waals surface area contributed by atoms with Crippen LogP contribution in [0.15, 0.2) is 24.5 Å². The van der Waals surface area contributed by atoms with E-state index in [1.165, 1.54) is 16.0 Å². The van der Waals surface area contributed by atoms with E-state index in [0.717, 1.165) is 33.9 Å². The highest BCUT2D eigenvalue weighted by Gasteiger charge is 2.16. The van der Waals surface area contributed by atoms with E-state index in [4.69, 9.17) is 4.74 Å². The van der Waals surface area contributed by atoms with Crippen molar-refractivity contribution in [3.63, 3.8) is 0 Å². The fraction of sp³-hybridized carbons (Fsp3) is 0.333. The third-order valence-corrected chi connectivity index (χ3v) is 5.27. The van der Waals surface area contributed by atoms with Gasteiger partial charge in [-0.05, 0) is 32.4 Å². The van der Waals surface area contributed by atoms with Gasteiger partial charge in [0.15, 0.2) is 0 Å². The first-order chi connectivity index (χ1) is 11.0. The third-order valence-electron chi connectivity index (χ3n) is 4.15. The summed E-state index contributed by atoms with van der Waals surface area (Å²) < 4.78 is 5.50. The average molecular weight is 327 g/mol. The van der Waals surface area contributed by atoms with E-state index < -0.39 is 0 Å². The normalized spacial score (nSPS) is 11.0. The van der Waals surface area contributed by atoms with Gasteiger partial charge in [0.1, 0.15) is 22.7 Å². The van der Waals surface area contributed by atoms with Crippen molar-refractivity contribution >= 4 is 27.4 Å². The van der Waals surface area contributed by atoms with Crippen LogP contribution in [0.5, 0.6) is 5.75 Å². The van der Waals surface area contributed by atoms with Gasteiger partial charge in [0.05, 0.1) is 12.5 Å². The molecule has 5 heteroatoms. The minimum Gasteiger partial charge on any atom is -0.496 e. The van der Waals surface area contributed by atoms with Crippen molar-refractivity contribution < 1.29 is 4.74 Å². The SMILES string of the molecule is COc1ccc(C)cc1CN(C)c1ncnc2sc(C)c(C)c12. The molecule has 0 aliphatic rings. The van der Waals surface area contributed by atoms with E-state index in [0.29, 0.717) is 0 Å². The molecule has 0 bridgehead atoms. The minimum atomic E-state index is 0.741. The first-order valence-electron chi connectivity index (χ1n) is 7.56. The summed E-state index contributed by atoms with van der Waals surface area (Å²) in [6, 6.07) is 6.26. The van der Waals surface area contributed by atoms with Gasteiger partial charge in [0.2, 0.25) is 0 Å². The third kappa shape index (κ3) is 2.88. The molecule has 4 nitrogen and oxygen atoms in total. The number of fused-ring (bicyclic) bond motifs is 1.